The molecule has 218 valence electrons. The molecule has 11 heteroatoms. The van der Waals surface area contributed by atoms with Crippen LogP contribution in [0.2, 0.25) is 0 Å². The van der Waals surface area contributed by atoms with Gasteiger partial charge < -0.3 is 19.2 Å². The minimum Gasteiger partial charge on any atom is -0.461 e. The quantitative estimate of drug-likeness (QED) is 0.335. The van der Waals surface area contributed by atoms with Crippen molar-refractivity contribution >= 4 is 29.2 Å². The molecule has 42 heavy (non-hydrogen) atoms. The standard InChI is InChI=1S/C31H35N7O4/c1-6-38-19(3)13-28(34-38)33-25-14-22(16-35(5)30(25)40)23-7-8-32-29(24(23)17-42-20(4)39)37-10-9-36-26-12-18(2)11-21(26)15-27(36)31(37)41/h7-8,13-16,18H,6,9-12,17H2,1-5H3,(H,33,34). The van der Waals surface area contributed by atoms with Crippen LogP contribution in [0.4, 0.5) is 17.3 Å². The highest BCUT2D eigenvalue weighted by molar-refractivity contribution is 6.06. The van der Waals surface area contributed by atoms with Crippen LogP contribution in [0.3, 0.4) is 0 Å². The van der Waals surface area contributed by atoms with E-state index in [1.807, 2.05) is 36.7 Å². The van der Waals surface area contributed by atoms with Crippen molar-refractivity contribution in [2.24, 2.45) is 13.0 Å². The van der Waals surface area contributed by atoms with Crippen LogP contribution in [0.5, 0.6) is 0 Å². The number of aromatic nitrogens is 5. The second kappa shape index (κ2) is 10.6. The first-order chi connectivity index (χ1) is 20.1. The molecule has 5 heterocycles. The number of carbonyl (C=O) groups excluding carboxylic acids is 2. The third-order valence-electron chi connectivity index (χ3n) is 8.17. The summed E-state index contributed by atoms with van der Waals surface area (Å²) in [4.78, 5) is 45.2. The van der Waals surface area contributed by atoms with Gasteiger partial charge in [0, 0.05) is 74.6 Å². The summed E-state index contributed by atoms with van der Waals surface area (Å²) >= 11 is 0. The summed E-state index contributed by atoms with van der Waals surface area (Å²) in [5.41, 5.74) is 6.30. The lowest BCUT2D eigenvalue weighted by Gasteiger charge is -2.30. The van der Waals surface area contributed by atoms with Crippen LogP contribution in [0, 0.1) is 12.8 Å². The first-order valence-electron chi connectivity index (χ1n) is 14.3. The number of anilines is 3. The summed E-state index contributed by atoms with van der Waals surface area (Å²) in [6, 6.07) is 7.48. The van der Waals surface area contributed by atoms with Gasteiger partial charge in [0.1, 0.15) is 23.8 Å². The molecule has 11 nitrogen and oxygen atoms in total. The highest BCUT2D eigenvalue weighted by Crippen LogP contribution is 2.36. The molecule has 0 radical (unpaired) electrons. The van der Waals surface area contributed by atoms with Crippen LogP contribution in [0.15, 0.2) is 41.5 Å². The van der Waals surface area contributed by atoms with Gasteiger partial charge in [0.2, 0.25) is 0 Å². The molecule has 2 aliphatic rings. The molecule has 1 atom stereocenters. The molecule has 0 saturated heterocycles. The van der Waals surface area contributed by atoms with Crippen LogP contribution in [0.1, 0.15) is 53.8 Å². The first kappa shape index (κ1) is 27.5. The number of carbonyl (C=O) groups is 2. The Hall–Kier alpha value is -4.67. The summed E-state index contributed by atoms with van der Waals surface area (Å²) in [7, 11) is 1.68. The smallest absolute Gasteiger partial charge is 0.302 e. The van der Waals surface area contributed by atoms with Crippen molar-refractivity contribution in [1.29, 1.82) is 0 Å². The number of amides is 1. The van der Waals surface area contributed by atoms with E-state index in [1.165, 1.54) is 22.7 Å². The Morgan fingerprint density at radius 3 is 2.71 bits per heavy atom. The number of nitrogens with one attached hydrogen (secondary N) is 1. The van der Waals surface area contributed by atoms with Crippen LogP contribution < -0.4 is 15.8 Å². The number of hydrogen-bond donors (Lipinski definition) is 1. The van der Waals surface area contributed by atoms with Gasteiger partial charge in [0.15, 0.2) is 5.82 Å². The topological polar surface area (TPSA) is 116 Å². The van der Waals surface area contributed by atoms with Gasteiger partial charge in [-0.1, -0.05) is 6.92 Å². The van der Waals surface area contributed by atoms with E-state index in [0.29, 0.717) is 65.3 Å². The lowest BCUT2D eigenvalue weighted by atomic mass is 10.0. The molecule has 1 amide bonds. The minimum absolute atomic E-state index is 0.0711. The zero-order valence-electron chi connectivity index (χ0n) is 24.6. The zero-order chi connectivity index (χ0) is 29.7. The van der Waals surface area contributed by atoms with E-state index in [0.717, 1.165) is 18.5 Å². The number of ether oxygens (including phenoxy) is 1. The molecule has 6 rings (SSSR count). The van der Waals surface area contributed by atoms with Crippen molar-refractivity contribution in [2.45, 2.75) is 60.2 Å². The summed E-state index contributed by atoms with van der Waals surface area (Å²) in [6.07, 6.45) is 5.34. The van der Waals surface area contributed by atoms with Gasteiger partial charge >= 0.3 is 5.97 Å². The summed E-state index contributed by atoms with van der Waals surface area (Å²) in [5, 5.41) is 7.70. The van der Waals surface area contributed by atoms with Gasteiger partial charge in [0.25, 0.3) is 11.5 Å². The average Bonchev–Trinajstić information content (AvgIpc) is 3.61. The third-order valence-corrected chi connectivity index (χ3v) is 8.17. The summed E-state index contributed by atoms with van der Waals surface area (Å²) < 4.78 is 11.0. The van der Waals surface area contributed by atoms with Gasteiger partial charge in [-0.2, -0.15) is 5.10 Å². The fraction of sp³-hybridized carbons (Fsp3) is 0.387. The lowest BCUT2D eigenvalue weighted by molar-refractivity contribution is -0.142. The van der Waals surface area contributed by atoms with Crippen molar-refractivity contribution < 1.29 is 14.3 Å². The van der Waals surface area contributed by atoms with Crippen molar-refractivity contribution in [3.8, 4) is 11.1 Å². The molecule has 1 aliphatic carbocycles. The van der Waals surface area contributed by atoms with Crippen molar-refractivity contribution in [3.63, 3.8) is 0 Å². The Kier molecular flexibility index (Phi) is 6.96. The third kappa shape index (κ3) is 4.78. The van der Waals surface area contributed by atoms with E-state index >= 15 is 0 Å². The number of pyridine rings is 2. The minimum atomic E-state index is -0.440. The molecule has 1 aliphatic heterocycles. The Labute approximate surface area is 243 Å². The second-order valence-electron chi connectivity index (χ2n) is 11.2. The predicted octanol–water partition coefficient (Wildman–Crippen LogP) is 3.98. The Bertz CT molecular complexity index is 1780. The van der Waals surface area contributed by atoms with Crippen LogP contribution in [0.25, 0.3) is 11.1 Å². The Morgan fingerprint density at radius 1 is 1.17 bits per heavy atom. The first-order valence-corrected chi connectivity index (χ1v) is 14.3. The maximum Gasteiger partial charge on any atom is 0.302 e. The van der Waals surface area contributed by atoms with E-state index in [9.17, 15) is 14.4 Å². The number of aryl methyl sites for hydroxylation is 3. The Balaban J connectivity index is 1.41. The highest BCUT2D eigenvalue weighted by Gasteiger charge is 2.34. The molecule has 1 unspecified atom stereocenters. The van der Waals surface area contributed by atoms with E-state index in [1.54, 1.807) is 30.4 Å². The normalized spacial score (nSPS) is 16.0. The lowest BCUT2D eigenvalue weighted by Crippen LogP contribution is -2.41. The average molecular weight is 570 g/mol. The molecular weight excluding hydrogens is 534 g/mol. The van der Waals surface area contributed by atoms with Crippen molar-refractivity contribution in [3.05, 3.63) is 75.2 Å². The van der Waals surface area contributed by atoms with Crippen LogP contribution in [-0.4, -0.2) is 42.3 Å². The number of fused-ring (bicyclic) bond motifs is 3. The second-order valence-corrected chi connectivity index (χ2v) is 11.2. The Morgan fingerprint density at radius 2 is 1.98 bits per heavy atom. The molecule has 1 N–H and O–H groups in total. The highest BCUT2D eigenvalue weighted by atomic mass is 16.5. The van der Waals surface area contributed by atoms with Crippen LogP contribution >= 0.6 is 0 Å². The summed E-state index contributed by atoms with van der Waals surface area (Å²) in [6.45, 7) is 9.31. The molecule has 4 aromatic heterocycles. The van der Waals surface area contributed by atoms with E-state index in [4.69, 9.17) is 4.74 Å². The SMILES string of the molecule is CCn1nc(Nc2cc(-c3ccnc(N4CCn5c(cc6c5CC(C)C6)C4=O)c3COC(C)=O)cn(C)c2=O)cc1C. The zero-order valence-corrected chi connectivity index (χ0v) is 24.6. The number of hydrogen-bond acceptors (Lipinski definition) is 7. The maximum absolute atomic E-state index is 13.8. The monoisotopic (exact) mass is 569 g/mol. The fourth-order valence-electron chi connectivity index (χ4n) is 6.19. The molecule has 0 bridgehead atoms. The molecule has 0 aromatic carbocycles. The summed E-state index contributed by atoms with van der Waals surface area (Å²) in [5.74, 6) is 1.04. The molecular formula is C31H35N7O4. The molecule has 0 fully saturated rings. The van der Waals surface area contributed by atoms with E-state index < -0.39 is 5.97 Å². The van der Waals surface area contributed by atoms with Gasteiger partial charge in [-0.05, 0) is 61.9 Å². The van der Waals surface area contributed by atoms with Crippen molar-refractivity contribution in [1.82, 2.24) is 23.9 Å². The number of esters is 1. The van der Waals surface area contributed by atoms with E-state index in [2.05, 4.69) is 26.9 Å². The molecule has 4 aromatic rings. The van der Waals surface area contributed by atoms with Gasteiger partial charge in [-0.3, -0.25) is 24.0 Å². The predicted molar refractivity (Wildman–Crippen MR) is 159 cm³/mol. The number of nitrogens with zero attached hydrogens (tertiary/aromatic N) is 6. The van der Waals surface area contributed by atoms with Crippen molar-refractivity contribution in [2.75, 3.05) is 16.8 Å². The number of rotatable bonds is 7. The van der Waals surface area contributed by atoms with E-state index in [-0.39, 0.29) is 18.1 Å². The molecule has 0 saturated carbocycles. The molecule has 0 spiro atoms. The maximum atomic E-state index is 13.8. The largest absolute Gasteiger partial charge is 0.461 e. The van der Waals surface area contributed by atoms with Gasteiger partial charge in [-0.15, -0.1) is 0 Å². The van der Waals surface area contributed by atoms with Gasteiger partial charge in [0.05, 0.1) is 0 Å². The van der Waals surface area contributed by atoms with Gasteiger partial charge in [-0.25, -0.2) is 4.98 Å². The fourth-order valence-corrected chi connectivity index (χ4v) is 6.19. The van der Waals surface area contributed by atoms with Crippen LogP contribution in [-0.2, 0) is 49.1 Å².